The zero-order chi connectivity index (χ0) is 13.8. The van der Waals surface area contributed by atoms with E-state index in [1.807, 2.05) is 24.5 Å². The zero-order valence-corrected chi connectivity index (χ0v) is 11.0. The van der Waals surface area contributed by atoms with Gasteiger partial charge in [0.1, 0.15) is 5.82 Å². The van der Waals surface area contributed by atoms with Gasteiger partial charge in [-0.15, -0.1) is 11.8 Å². The van der Waals surface area contributed by atoms with E-state index < -0.39 is 11.8 Å². The number of thioether (sulfide) groups is 1. The van der Waals surface area contributed by atoms with E-state index in [9.17, 15) is 9.18 Å². The van der Waals surface area contributed by atoms with Crippen LogP contribution in [0.3, 0.4) is 0 Å². The molecule has 5 heteroatoms. The highest BCUT2D eigenvalue weighted by Crippen LogP contribution is 2.26. The average Bonchev–Trinajstić information content (AvgIpc) is 2.41. The molecule has 2 aromatic carbocycles. The molecule has 0 aliphatic rings. The van der Waals surface area contributed by atoms with Crippen LogP contribution in [-0.2, 0) is 0 Å². The molecule has 0 spiro atoms. The molecule has 3 nitrogen and oxygen atoms in total. The predicted octanol–water partition coefficient (Wildman–Crippen LogP) is 3.99. The van der Waals surface area contributed by atoms with Crippen LogP contribution in [0.4, 0.5) is 15.8 Å². The summed E-state index contributed by atoms with van der Waals surface area (Å²) < 4.78 is 13.7. The summed E-state index contributed by atoms with van der Waals surface area (Å²) in [7, 11) is 0. The number of halogens is 1. The topological polar surface area (TPSA) is 49.3 Å². The van der Waals surface area contributed by atoms with E-state index in [-0.39, 0.29) is 11.3 Å². The van der Waals surface area contributed by atoms with E-state index in [1.165, 1.54) is 18.2 Å². The van der Waals surface area contributed by atoms with Gasteiger partial charge in [0, 0.05) is 10.6 Å². The standard InChI is InChI=1S/C14H12FNO2S/c1-19-10-5-2-4-9(8-10)16-13-11(14(17)18)6-3-7-12(13)15/h2-8,16H,1H3,(H,17,18). The van der Waals surface area contributed by atoms with Gasteiger partial charge in [-0.1, -0.05) is 12.1 Å². The molecule has 0 aliphatic carbocycles. The van der Waals surface area contributed by atoms with Crippen LogP contribution in [0.15, 0.2) is 47.4 Å². The van der Waals surface area contributed by atoms with E-state index in [4.69, 9.17) is 5.11 Å². The lowest BCUT2D eigenvalue weighted by Crippen LogP contribution is -2.04. The van der Waals surface area contributed by atoms with Gasteiger partial charge in [0.2, 0.25) is 0 Å². The van der Waals surface area contributed by atoms with Crippen molar-refractivity contribution in [3.05, 3.63) is 53.8 Å². The van der Waals surface area contributed by atoms with Gasteiger partial charge in [-0.2, -0.15) is 0 Å². The molecule has 0 amide bonds. The van der Waals surface area contributed by atoms with E-state index in [2.05, 4.69) is 5.32 Å². The SMILES string of the molecule is CSc1cccc(Nc2c(F)cccc2C(=O)O)c1. The molecular weight excluding hydrogens is 265 g/mol. The summed E-state index contributed by atoms with van der Waals surface area (Å²) in [5.41, 5.74) is 0.544. The maximum atomic E-state index is 13.7. The summed E-state index contributed by atoms with van der Waals surface area (Å²) in [6.07, 6.45) is 1.94. The minimum atomic E-state index is -1.16. The third kappa shape index (κ3) is 3.06. The molecule has 0 fully saturated rings. The normalized spacial score (nSPS) is 10.2. The molecule has 2 rings (SSSR count). The fraction of sp³-hybridized carbons (Fsp3) is 0.0714. The van der Waals surface area contributed by atoms with Gasteiger partial charge >= 0.3 is 5.97 Å². The van der Waals surface area contributed by atoms with E-state index in [1.54, 1.807) is 17.8 Å². The van der Waals surface area contributed by atoms with Gasteiger partial charge in [0.05, 0.1) is 11.3 Å². The smallest absolute Gasteiger partial charge is 0.337 e. The molecule has 0 aromatic heterocycles. The third-order valence-corrected chi connectivity index (χ3v) is 3.31. The number of hydrogen-bond acceptors (Lipinski definition) is 3. The van der Waals surface area contributed by atoms with Crippen LogP contribution < -0.4 is 5.32 Å². The van der Waals surface area contributed by atoms with Crippen molar-refractivity contribution in [3.63, 3.8) is 0 Å². The Kier molecular flexibility index (Phi) is 4.06. The number of rotatable bonds is 4. The maximum Gasteiger partial charge on any atom is 0.337 e. The molecule has 0 unspecified atom stereocenters. The van der Waals surface area contributed by atoms with Crippen molar-refractivity contribution in [1.29, 1.82) is 0 Å². The summed E-state index contributed by atoms with van der Waals surface area (Å²) in [5.74, 6) is -1.75. The number of hydrogen-bond donors (Lipinski definition) is 2. The number of para-hydroxylation sites is 1. The molecular formula is C14H12FNO2S. The highest BCUT2D eigenvalue weighted by molar-refractivity contribution is 7.98. The largest absolute Gasteiger partial charge is 0.478 e. The van der Waals surface area contributed by atoms with Gasteiger partial charge < -0.3 is 10.4 Å². The monoisotopic (exact) mass is 277 g/mol. The Morgan fingerprint density at radius 1 is 1.26 bits per heavy atom. The molecule has 98 valence electrons. The number of anilines is 2. The second-order valence-corrected chi connectivity index (χ2v) is 4.70. The Bertz CT molecular complexity index is 616. The lowest BCUT2D eigenvalue weighted by atomic mass is 10.1. The van der Waals surface area contributed by atoms with Crippen molar-refractivity contribution in [2.45, 2.75) is 4.90 Å². The Balaban J connectivity index is 2.40. The lowest BCUT2D eigenvalue weighted by molar-refractivity contribution is 0.0697. The summed E-state index contributed by atoms with van der Waals surface area (Å²) >= 11 is 1.56. The van der Waals surface area contributed by atoms with Crippen molar-refractivity contribution in [1.82, 2.24) is 0 Å². The van der Waals surface area contributed by atoms with Gasteiger partial charge in [-0.25, -0.2) is 9.18 Å². The van der Waals surface area contributed by atoms with E-state index in [0.29, 0.717) is 5.69 Å². The third-order valence-electron chi connectivity index (χ3n) is 2.58. The summed E-state index contributed by atoms with van der Waals surface area (Å²) in [6, 6.07) is 11.3. The first kappa shape index (κ1) is 13.4. The molecule has 19 heavy (non-hydrogen) atoms. The minimum absolute atomic E-state index is 0.0201. The first-order chi connectivity index (χ1) is 9.11. The molecule has 0 atom stereocenters. The van der Waals surface area contributed by atoms with Crippen molar-refractivity contribution in [2.75, 3.05) is 11.6 Å². The van der Waals surface area contributed by atoms with Crippen molar-refractivity contribution >= 4 is 29.1 Å². The number of nitrogens with one attached hydrogen (secondary N) is 1. The Morgan fingerprint density at radius 3 is 2.68 bits per heavy atom. The molecule has 0 saturated carbocycles. The maximum absolute atomic E-state index is 13.7. The number of carboxylic acid groups (broad SMARTS) is 1. The average molecular weight is 277 g/mol. The first-order valence-electron chi connectivity index (χ1n) is 5.54. The number of benzene rings is 2. The van der Waals surface area contributed by atoms with Crippen LogP contribution in [-0.4, -0.2) is 17.3 Å². The van der Waals surface area contributed by atoms with Crippen molar-refractivity contribution in [3.8, 4) is 0 Å². The van der Waals surface area contributed by atoms with Crippen LogP contribution >= 0.6 is 11.8 Å². The van der Waals surface area contributed by atoms with Gasteiger partial charge in [0.25, 0.3) is 0 Å². The Labute approximate surface area is 114 Å². The highest BCUT2D eigenvalue weighted by atomic mass is 32.2. The quantitative estimate of drug-likeness (QED) is 0.830. The molecule has 0 bridgehead atoms. The number of aromatic carboxylic acids is 1. The Morgan fingerprint density at radius 2 is 2.00 bits per heavy atom. The van der Waals surface area contributed by atoms with Crippen LogP contribution in [0.2, 0.25) is 0 Å². The van der Waals surface area contributed by atoms with Crippen LogP contribution in [0.5, 0.6) is 0 Å². The molecule has 0 radical (unpaired) electrons. The molecule has 2 N–H and O–H groups in total. The Hall–Kier alpha value is -2.01. The van der Waals surface area contributed by atoms with Crippen LogP contribution in [0.25, 0.3) is 0 Å². The van der Waals surface area contributed by atoms with Crippen LogP contribution in [0.1, 0.15) is 10.4 Å². The fourth-order valence-corrected chi connectivity index (χ4v) is 2.13. The van der Waals surface area contributed by atoms with Crippen LogP contribution in [0, 0.1) is 5.82 Å². The molecule has 0 saturated heterocycles. The summed E-state index contributed by atoms with van der Waals surface area (Å²) in [4.78, 5) is 12.1. The molecule has 2 aromatic rings. The van der Waals surface area contributed by atoms with Gasteiger partial charge in [0.15, 0.2) is 0 Å². The first-order valence-corrected chi connectivity index (χ1v) is 6.77. The van der Waals surface area contributed by atoms with Crippen molar-refractivity contribution in [2.24, 2.45) is 0 Å². The second-order valence-electron chi connectivity index (χ2n) is 3.82. The number of carbonyl (C=O) groups is 1. The van der Waals surface area contributed by atoms with Gasteiger partial charge in [-0.3, -0.25) is 0 Å². The highest BCUT2D eigenvalue weighted by Gasteiger charge is 2.14. The molecule has 0 aliphatic heterocycles. The fourth-order valence-electron chi connectivity index (χ4n) is 1.67. The summed E-state index contributed by atoms with van der Waals surface area (Å²) in [5, 5.41) is 11.9. The second kappa shape index (κ2) is 5.75. The predicted molar refractivity (Wildman–Crippen MR) is 74.9 cm³/mol. The van der Waals surface area contributed by atoms with E-state index >= 15 is 0 Å². The lowest BCUT2D eigenvalue weighted by Gasteiger charge is -2.11. The molecule has 0 heterocycles. The zero-order valence-electron chi connectivity index (χ0n) is 10.2. The summed E-state index contributed by atoms with van der Waals surface area (Å²) in [6.45, 7) is 0. The van der Waals surface area contributed by atoms with Gasteiger partial charge in [-0.05, 0) is 36.6 Å². The number of carboxylic acids is 1. The van der Waals surface area contributed by atoms with E-state index in [0.717, 1.165) is 4.90 Å². The van der Waals surface area contributed by atoms with Crippen molar-refractivity contribution < 1.29 is 14.3 Å². The minimum Gasteiger partial charge on any atom is -0.478 e.